The predicted molar refractivity (Wildman–Crippen MR) is 82.8 cm³/mol. The number of para-hydroxylation sites is 1. The largest absolute Gasteiger partial charge is 0.508 e. The number of benzene rings is 2. The van der Waals surface area contributed by atoms with E-state index in [1.807, 2.05) is 49.4 Å². The van der Waals surface area contributed by atoms with Gasteiger partial charge in [-0.25, -0.2) is 0 Å². The number of aromatic hydroxyl groups is 1. The molecule has 0 amide bonds. The van der Waals surface area contributed by atoms with Gasteiger partial charge < -0.3 is 5.11 Å². The van der Waals surface area contributed by atoms with E-state index in [1.54, 1.807) is 12.3 Å². The number of hydrogen-bond acceptors (Lipinski definition) is 4. The number of aryl methyl sites for hydroxylation is 1. The topological polar surface area (TPSA) is 57.8 Å². The van der Waals surface area contributed by atoms with E-state index in [1.165, 1.54) is 0 Å². The Morgan fingerprint density at radius 1 is 1.10 bits per heavy atom. The second-order valence-corrected chi connectivity index (χ2v) is 4.88. The van der Waals surface area contributed by atoms with Crippen LogP contribution in [0.3, 0.4) is 0 Å². The molecule has 0 aliphatic heterocycles. The molecule has 0 atom stereocenters. The zero-order valence-corrected chi connectivity index (χ0v) is 11.7. The van der Waals surface area contributed by atoms with Crippen LogP contribution in [0, 0.1) is 6.92 Å². The molecule has 0 spiro atoms. The third-order valence-electron chi connectivity index (χ3n) is 3.27. The van der Waals surface area contributed by atoms with E-state index in [0.717, 1.165) is 27.7 Å². The van der Waals surface area contributed by atoms with Crippen LogP contribution in [0.5, 0.6) is 5.75 Å². The number of aromatic nitrogens is 1. The lowest BCUT2D eigenvalue weighted by atomic mass is 10.1. The molecule has 0 aliphatic rings. The van der Waals surface area contributed by atoms with Crippen molar-refractivity contribution < 1.29 is 5.11 Å². The molecule has 0 fully saturated rings. The summed E-state index contributed by atoms with van der Waals surface area (Å²) in [6.45, 7) is 2.28. The number of pyridine rings is 1. The van der Waals surface area contributed by atoms with Crippen LogP contribution in [0.4, 0.5) is 5.69 Å². The summed E-state index contributed by atoms with van der Waals surface area (Å²) in [6, 6.07) is 15.2. The molecule has 1 N–H and O–H groups in total. The summed E-state index contributed by atoms with van der Waals surface area (Å²) in [6.07, 6.45) is 1.74. The van der Waals surface area contributed by atoms with Crippen molar-refractivity contribution >= 4 is 16.6 Å². The molecule has 4 heteroatoms. The molecule has 2 aromatic carbocycles. The fraction of sp³-hybridized carbons (Fsp3) is 0.118. The van der Waals surface area contributed by atoms with Crippen molar-refractivity contribution in [2.24, 2.45) is 10.2 Å². The fourth-order valence-corrected chi connectivity index (χ4v) is 2.16. The second kappa shape index (κ2) is 5.71. The van der Waals surface area contributed by atoms with Crippen LogP contribution in [-0.4, -0.2) is 10.1 Å². The zero-order chi connectivity index (χ0) is 14.7. The van der Waals surface area contributed by atoms with Gasteiger partial charge >= 0.3 is 0 Å². The molecular formula is C17H15N3O. The molecule has 0 saturated carbocycles. The van der Waals surface area contributed by atoms with Crippen molar-refractivity contribution in [3.05, 3.63) is 65.9 Å². The quantitative estimate of drug-likeness (QED) is 0.715. The Bertz CT molecular complexity index is 807. The molecule has 0 bridgehead atoms. The lowest BCUT2D eigenvalue weighted by Gasteiger charge is -2.02. The summed E-state index contributed by atoms with van der Waals surface area (Å²) in [5.41, 5.74) is 3.35. The van der Waals surface area contributed by atoms with Crippen molar-refractivity contribution in [2.45, 2.75) is 13.5 Å². The van der Waals surface area contributed by atoms with Crippen LogP contribution < -0.4 is 0 Å². The molecule has 0 unspecified atom stereocenters. The molecule has 0 aliphatic carbocycles. The van der Waals surface area contributed by atoms with Crippen molar-refractivity contribution in [3.8, 4) is 5.75 Å². The van der Waals surface area contributed by atoms with Gasteiger partial charge in [0.05, 0.1) is 12.1 Å². The third-order valence-corrected chi connectivity index (χ3v) is 3.27. The Kier molecular flexibility index (Phi) is 3.60. The molecule has 1 heterocycles. The minimum atomic E-state index is 0.255. The van der Waals surface area contributed by atoms with Crippen LogP contribution in [0.1, 0.15) is 11.1 Å². The Hall–Kier alpha value is -2.75. The summed E-state index contributed by atoms with van der Waals surface area (Å²) in [5.74, 6) is 0.255. The Morgan fingerprint density at radius 2 is 1.95 bits per heavy atom. The SMILES string of the molecule is Cc1ccc(CN=Nc2cccc3cccnc23)c(O)c1. The van der Waals surface area contributed by atoms with Crippen molar-refractivity contribution in [2.75, 3.05) is 0 Å². The Balaban J connectivity index is 1.85. The van der Waals surface area contributed by atoms with Gasteiger partial charge in [0.1, 0.15) is 11.4 Å². The molecule has 3 aromatic rings. The van der Waals surface area contributed by atoms with E-state index in [9.17, 15) is 5.11 Å². The van der Waals surface area contributed by atoms with Gasteiger partial charge in [0.15, 0.2) is 0 Å². The van der Waals surface area contributed by atoms with Crippen molar-refractivity contribution in [3.63, 3.8) is 0 Å². The van der Waals surface area contributed by atoms with Gasteiger partial charge in [0, 0.05) is 17.1 Å². The van der Waals surface area contributed by atoms with Gasteiger partial charge in [0.2, 0.25) is 0 Å². The first-order chi connectivity index (χ1) is 10.2. The summed E-state index contributed by atoms with van der Waals surface area (Å²) >= 11 is 0. The van der Waals surface area contributed by atoms with E-state index in [2.05, 4.69) is 15.2 Å². The number of rotatable bonds is 3. The number of hydrogen-bond donors (Lipinski definition) is 1. The van der Waals surface area contributed by atoms with Crippen LogP contribution in [-0.2, 0) is 6.54 Å². The monoisotopic (exact) mass is 277 g/mol. The molecule has 0 saturated heterocycles. The van der Waals surface area contributed by atoms with E-state index in [0.29, 0.717) is 6.54 Å². The van der Waals surface area contributed by atoms with E-state index >= 15 is 0 Å². The lowest BCUT2D eigenvalue weighted by Crippen LogP contribution is -1.83. The molecule has 4 nitrogen and oxygen atoms in total. The molecular weight excluding hydrogens is 262 g/mol. The minimum Gasteiger partial charge on any atom is -0.508 e. The second-order valence-electron chi connectivity index (χ2n) is 4.88. The van der Waals surface area contributed by atoms with E-state index in [-0.39, 0.29) is 5.75 Å². The highest BCUT2D eigenvalue weighted by Crippen LogP contribution is 2.25. The highest BCUT2D eigenvalue weighted by Gasteiger charge is 2.02. The molecule has 3 rings (SSSR count). The van der Waals surface area contributed by atoms with Crippen LogP contribution in [0.15, 0.2) is 65.0 Å². The number of phenols is 1. The maximum Gasteiger partial charge on any atom is 0.120 e. The van der Waals surface area contributed by atoms with Crippen LogP contribution >= 0.6 is 0 Å². The van der Waals surface area contributed by atoms with E-state index < -0.39 is 0 Å². The average molecular weight is 277 g/mol. The summed E-state index contributed by atoms with van der Waals surface area (Å²) in [4.78, 5) is 4.33. The predicted octanol–water partition coefficient (Wildman–Crippen LogP) is 4.53. The normalized spacial score (nSPS) is 11.3. The molecule has 104 valence electrons. The van der Waals surface area contributed by atoms with Gasteiger partial charge in [-0.05, 0) is 30.7 Å². The standard InChI is InChI=1S/C17H15N3O/c1-12-7-8-14(16(21)10-12)11-19-20-15-6-2-4-13-5-3-9-18-17(13)15/h2-10,21H,11H2,1H3. The van der Waals surface area contributed by atoms with Gasteiger partial charge in [-0.1, -0.05) is 30.3 Å². The summed E-state index contributed by atoms with van der Waals surface area (Å²) in [5, 5.41) is 19.3. The summed E-state index contributed by atoms with van der Waals surface area (Å²) < 4.78 is 0. The third kappa shape index (κ3) is 2.89. The van der Waals surface area contributed by atoms with Gasteiger partial charge in [0.25, 0.3) is 0 Å². The number of azo groups is 1. The van der Waals surface area contributed by atoms with Gasteiger partial charge in [-0.15, -0.1) is 0 Å². The first-order valence-electron chi connectivity index (χ1n) is 6.74. The lowest BCUT2D eigenvalue weighted by molar-refractivity contribution is 0.467. The first kappa shape index (κ1) is 13.2. The Morgan fingerprint density at radius 3 is 2.81 bits per heavy atom. The molecule has 21 heavy (non-hydrogen) atoms. The number of phenolic OH excluding ortho intramolecular Hbond substituents is 1. The number of fused-ring (bicyclic) bond motifs is 1. The molecule has 0 radical (unpaired) electrons. The average Bonchev–Trinajstić information content (AvgIpc) is 2.50. The van der Waals surface area contributed by atoms with Crippen molar-refractivity contribution in [1.29, 1.82) is 0 Å². The maximum atomic E-state index is 9.85. The zero-order valence-electron chi connectivity index (χ0n) is 11.7. The van der Waals surface area contributed by atoms with Crippen LogP contribution in [0.2, 0.25) is 0 Å². The minimum absolute atomic E-state index is 0.255. The molecule has 1 aromatic heterocycles. The van der Waals surface area contributed by atoms with E-state index in [4.69, 9.17) is 0 Å². The maximum absolute atomic E-state index is 9.85. The van der Waals surface area contributed by atoms with Crippen LogP contribution in [0.25, 0.3) is 10.9 Å². The van der Waals surface area contributed by atoms with Gasteiger partial charge in [-0.2, -0.15) is 10.2 Å². The Labute approximate surface area is 122 Å². The highest BCUT2D eigenvalue weighted by molar-refractivity contribution is 5.88. The summed E-state index contributed by atoms with van der Waals surface area (Å²) in [7, 11) is 0. The smallest absolute Gasteiger partial charge is 0.120 e. The van der Waals surface area contributed by atoms with Crippen molar-refractivity contribution in [1.82, 2.24) is 4.98 Å². The first-order valence-corrected chi connectivity index (χ1v) is 6.74. The number of nitrogens with zero attached hydrogens (tertiary/aromatic N) is 3. The highest BCUT2D eigenvalue weighted by atomic mass is 16.3. The fourth-order valence-electron chi connectivity index (χ4n) is 2.16. The van der Waals surface area contributed by atoms with Gasteiger partial charge in [-0.3, -0.25) is 4.98 Å².